The molecule has 2 aliphatic rings. The molecule has 1 saturated heterocycles. The van der Waals surface area contributed by atoms with Crippen molar-refractivity contribution in [3.8, 4) is 0 Å². The van der Waals surface area contributed by atoms with Crippen LogP contribution in [0.1, 0.15) is 43.9 Å². The van der Waals surface area contributed by atoms with Crippen LogP contribution in [-0.4, -0.2) is 81.6 Å². The van der Waals surface area contributed by atoms with Gasteiger partial charge in [-0.05, 0) is 36.8 Å². The van der Waals surface area contributed by atoms with Gasteiger partial charge in [0.25, 0.3) is 17.7 Å². The molecule has 2 aliphatic heterocycles. The lowest BCUT2D eigenvalue weighted by Gasteiger charge is -2.35. The van der Waals surface area contributed by atoms with Crippen molar-refractivity contribution < 1.29 is 29.1 Å². The smallest absolute Gasteiger partial charge is 0.326 e. The predicted octanol–water partition coefficient (Wildman–Crippen LogP) is 2.81. The first kappa shape index (κ1) is 24.7. The van der Waals surface area contributed by atoms with E-state index in [4.69, 9.17) is 23.2 Å². The molecular weight excluding hydrogens is 497 g/mol. The monoisotopic (exact) mass is 517 g/mol. The molecule has 9 nitrogen and oxygen atoms in total. The third kappa shape index (κ3) is 4.87. The van der Waals surface area contributed by atoms with Gasteiger partial charge in [-0.3, -0.25) is 24.1 Å². The van der Waals surface area contributed by atoms with Crippen LogP contribution in [0.25, 0.3) is 0 Å². The Bertz CT molecular complexity index is 1190. The van der Waals surface area contributed by atoms with Gasteiger partial charge in [-0.1, -0.05) is 35.3 Å². The van der Waals surface area contributed by atoms with Crippen LogP contribution in [0, 0.1) is 0 Å². The first-order valence-corrected chi connectivity index (χ1v) is 11.7. The van der Waals surface area contributed by atoms with E-state index in [0.29, 0.717) is 15.5 Å². The standard InChI is InChI=1S/C24H21Cl2N3O6/c25-14-5-6-17(18(26)13-14)21(31)28-11-9-27(10-12-28)20(30)8-7-19(24(34)35)29-22(32)15-3-1-2-4-16(15)23(29)33/h1-6,13,19H,7-12H2,(H,34,35)/t19-/m0/s1. The molecule has 4 rings (SSSR count). The van der Waals surface area contributed by atoms with E-state index in [2.05, 4.69) is 0 Å². The molecule has 1 atom stereocenters. The average molecular weight is 518 g/mol. The Balaban J connectivity index is 1.35. The van der Waals surface area contributed by atoms with Crippen molar-refractivity contribution in [2.24, 2.45) is 0 Å². The van der Waals surface area contributed by atoms with Crippen LogP contribution in [0.15, 0.2) is 42.5 Å². The zero-order valence-electron chi connectivity index (χ0n) is 18.4. The number of imide groups is 1. The summed E-state index contributed by atoms with van der Waals surface area (Å²) in [5.41, 5.74) is 0.620. The van der Waals surface area contributed by atoms with Gasteiger partial charge in [-0.15, -0.1) is 0 Å². The number of fused-ring (bicyclic) bond motifs is 1. The lowest BCUT2D eigenvalue weighted by Crippen LogP contribution is -2.51. The van der Waals surface area contributed by atoms with Crippen LogP contribution in [0.5, 0.6) is 0 Å². The fraction of sp³-hybridized carbons (Fsp3) is 0.292. The number of rotatable bonds is 6. The van der Waals surface area contributed by atoms with Crippen LogP contribution in [-0.2, 0) is 9.59 Å². The number of halogens is 2. The number of carboxylic acids is 1. The number of carboxylic acid groups (broad SMARTS) is 1. The highest BCUT2D eigenvalue weighted by Gasteiger charge is 2.43. The van der Waals surface area contributed by atoms with E-state index in [9.17, 15) is 29.1 Å². The van der Waals surface area contributed by atoms with Crippen LogP contribution in [0.2, 0.25) is 10.0 Å². The van der Waals surface area contributed by atoms with Crippen molar-refractivity contribution in [1.29, 1.82) is 0 Å². The second-order valence-corrected chi connectivity index (χ2v) is 9.06. The fourth-order valence-electron chi connectivity index (χ4n) is 4.26. The highest BCUT2D eigenvalue weighted by molar-refractivity contribution is 6.36. The second-order valence-electron chi connectivity index (χ2n) is 8.22. The Labute approximate surface area is 210 Å². The van der Waals surface area contributed by atoms with Crippen molar-refractivity contribution in [2.75, 3.05) is 26.2 Å². The van der Waals surface area contributed by atoms with E-state index in [-0.39, 0.29) is 67.0 Å². The number of amides is 4. The van der Waals surface area contributed by atoms with Crippen molar-refractivity contribution in [1.82, 2.24) is 14.7 Å². The molecule has 0 saturated carbocycles. The van der Waals surface area contributed by atoms with E-state index in [1.807, 2.05) is 0 Å². The molecular formula is C24H21Cl2N3O6. The number of benzene rings is 2. The summed E-state index contributed by atoms with van der Waals surface area (Å²) < 4.78 is 0. The molecule has 0 radical (unpaired) electrons. The molecule has 1 fully saturated rings. The maximum Gasteiger partial charge on any atom is 0.326 e. The first-order chi connectivity index (χ1) is 16.7. The molecule has 4 amide bonds. The highest BCUT2D eigenvalue weighted by Crippen LogP contribution is 2.27. The fourth-order valence-corrected chi connectivity index (χ4v) is 4.75. The summed E-state index contributed by atoms with van der Waals surface area (Å²) >= 11 is 12.0. The third-order valence-corrected chi connectivity index (χ3v) is 6.68. The Morgan fingerprint density at radius 3 is 2.00 bits per heavy atom. The van der Waals surface area contributed by atoms with Gasteiger partial charge in [-0.2, -0.15) is 0 Å². The minimum absolute atomic E-state index is 0.150. The van der Waals surface area contributed by atoms with Crippen LogP contribution in [0.3, 0.4) is 0 Å². The van der Waals surface area contributed by atoms with Crippen molar-refractivity contribution in [3.63, 3.8) is 0 Å². The van der Waals surface area contributed by atoms with Crippen molar-refractivity contribution in [2.45, 2.75) is 18.9 Å². The topological polar surface area (TPSA) is 115 Å². The van der Waals surface area contributed by atoms with E-state index >= 15 is 0 Å². The minimum Gasteiger partial charge on any atom is -0.480 e. The number of aliphatic carboxylic acids is 1. The van der Waals surface area contributed by atoms with E-state index < -0.39 is 23.8 Å². The Morgan fingerprint density at radius 1 is 0.886 bits per heavy atom. The highest BCUT2D eigenvalue weighted by atomic mass is 35.5. The Kier molecular flexibility index (Phi) is 7.09. The summed E-state index contributed by atoms with van der Waals surface area (Å²) in [5, 5.41) is 10.3. The molecule has 11 heteroatoms. The summed E-state index contributed by atoms with van der Waals surface area (Å²) in [6.45, 7) is 1.09. The zero-order valence-corrected chi connectivity index (χ0v) is 20.0. The zero-order chi connectivity index (χ0) is 25.3. The Morgan fingerprint density at radius 2 is 1.46 bits per heavy atom. The molecule has 2 heterocycles. The van der Waals surface area contributed by atoms with Crippen LogP contribution >= 0.6 is 23.2 Å². The molecule has 0 spiro atoms. The number of piperazine rings is 1. The quantitative estimate of drug-likeness (QED) is 0.589. The Hall–Kier alpha value is -3.43. The second kappa shape index (κ2) is 10.1. The minimum atomic E-state index is -1.46. The summed E-state index contributed by atoms with van der Waals surface area (Å²) in [7, 11) is 0. The summed E-state index contributed by atoms with van der Waals surface area (Å²) in [6.07, 6.45) is -0.375. The lowest BCUT2D eigenvalue weighted by atomic mass is 10.1. The molecule has 1 N–H and O–H groups in total. The number of carbonyl (C=O) groups is 5. The summed E-state index contributed by atoms with van der Waals surface area (Å²) in [4.78, 5) is 66.5. The molecule has 0 aromatic heterocycles. The van der Waals surface area contributed by atoms with Gasteiger partial charge in [0.15, 0.2) is 0 Å². The van der Waals surface area contributed by atoms with Crippen molar-refractivity contribution in [3.05, 3.63) is 69.2 Å². The van der Waals surface area contributed by atoms with Crippen LogP contribution < -0.4 is 0 Å². The lowest BCUT2D eigenvalue weighted by molar-refractivity contribution is -0.142. The van der Waals surface area contributed by atoms with Gasteiger partial charge in [0.05, 0.1) is 21.7 Å². The van der Waals surface area contributed by atoms with Gasteiger partial charge in [0, 0.05) is 37.6 Å². The maximum absolute atomic E-state index is 12.8. The van der Waals surface area contributed by atoms with Crippen molar-refractivity contribution >= 4 is 52.8 Å². The predicted molar refractivity (Wildman–Crippen MR) is 127 cm³/mol. The largest absolute Gasteiger partial charge is 0.480 e. The number of carbonyl (C=O) groups excluding carboxylic acids is 4. The van der Waals surface area contributed by atoms with Gasteiger partial charge in [-0.25, -0.2) is 4.79 Å². The molecule has 0 bridgehead atoms. The third-order valence-electron chi connectivity index (χ3n) is 6.13. The number of hydrogen-bond acceptors (Lipinski definition) is 5. The van der Waals surface area contributed by atoms with Gasteiger partial charge < -0.3 is 14.9 Å². The molecule has 182 valence electrons. The summed E-state index contributed by atoms with van der Waals surface area (Å²) in [6, 6.07) is 9.29. The van der Waals surface area contributed by atoms with Gasteiger partial charge in [0.1, 0.15) is 6.04 Å². The van der Waals surface area contributed by atoms with E-state index in [1.165, 1.54) is 23.1 Å². The number of nitrogens with zero attached hydrogens (tertiary/aromatic N) is 3. The molecule has 35 heavy (non-hydrogen) atoms. The van der Waals surface area contributed by atoms with E-state index in [0.717, 1.165) is 0 Å². The molecule has 2 aromatic carbocycles. The number of hydrogen-bond donors (Lipinski definition) is 1. The SMILES string of the molecule is O=C(O)[C@H](CCC(=O)N1CCN(C(=O)c2ccc(Cl)cc2Cl)CC1)N1C(=O)c2ccccc2C1=O. The van der Waals surface area contributed by atoms with Gasteiger partial charge >= 0.3 is 5.97 Å². The normalized spacial score (nSPS) is 16.3. The molecule has 0 unspecified atom stereocenters. The average Bonchev–Trinajstić information content (AvgIpc) is 3.09. The van der Waals surface area contributed by atoms with Gasteiger partial charge in [0.2, 0.25) is 5.91 Å². The molecule has 0 aliphatic carbocycles. The molecule has 2 aromatic rings. The van der Waals surface area contributed by atoms with Crippen LogP contribution in [0.4, 0.5) is 0 Å². The van der Waals surface area contributed by atoms with E-state index in [1.54, 1.807) is 29.2 Å². The summed E-state index contributed by atoms with van der Waals surface area (Å²) in [5.74, 6) is -3.31. The maximum atomic E-state index is 12.8. The first-order valence-electron chi connectivity index (χ1n) is 10.9.